The first kappa shape index (κ1) is 22.0. The summed E-state index contributed by atoms with van der Waals surface area (Å²) in [6.45, 7) is 3.09. The van der Waals surface area contributed by atoms with Gasteiger partial charge in [-0.05, 0) is 36.8 Å². The summed E-state index contributed by atoms with van der Waals surface area (Å²) in [5, 5.41) is 0.0802. The minimum atomic E-state index is -0.846. The molecule has 0 aliphatic carbocycles. The molecule has 0 spiro atoms. The van der Waals surface area contributed by atoms with E-state index >= 15 is 8.78 Å². The highest BCUT2D eigenvalue weighted by Gasteiger charge is 2.28. The van der Waals surface area contributed by atoms with Gasteiger partial charge >= 0.3 is 6.09 Å². The van der Waals surface area contributed by atoms with Gasteiger partial charge in [-0.25, -0.2) is 18.6 Å². The molecule has 0 radical (unpaired) electrons. The van der Waals surface area contributed by atoms with Crippen LogP contribution >= 0.6 is 0 Å². The summed E-state index contributed by atoms with van der Waals surface area (Å²) >= 11 is 0. The monoisotopic (exact) mass is 468 g/mol. The van der Waals surface area contributed by atoms with E-state index < -0.39 is 29.4 Å². The third-order valence-electron chi connectivity index (χ3n) is 6.00. The molecular weight excluding hydrogens is 446 g/mol. The molecule has 1 amide bonds. The van der Waals surface area contributed by atoms with E-state index in [1.807, 2.05) is 25.1 Å². The highest BCUT2D eigenvalue weighted by atomic mass is 19.1. The Labute approximate surface area is 192 Å². The number of halogens is 2. The molecule has 1 saturated heterocycles. The number of aromatic amines is 1. The number of aromatic nitrogens is 3. The number of nitrogens with zero attached hydrogens (tertiary/aromatic N) is 3. The second kappa shape index (κ2) is 8.53. The molecule has 2 aromatic heterocycles. The molecule has 1 atom stereocenters. The Morgan fingerprint density at radius 2 is 2.09 bits per heavy atom. The van der Waals surface area contributed by atoms with Crippen molar-refractivity contribution in [3.63, 3.8) is 0 Å². The SMILES string of the molecule is COC(=O)N1CCO[C@@H](Cn2c(-c3c(F)cc4[nH]c(=O)ccc4c3F)nc3cc(C)ccc32)C1. The molecule has 1 fully saturated rings. The lowest BCUT2D eigenvalue weighted by Gasteiger charge is -2.32. The molecule has 1 aliphatic heterocycles. The van der Waals surface area contributed by atoms with E-state index in [2.05, 4.69) is 9.97 Å². The molecule has 0 unspecified atom stereocenters. The summed E-state index contributed by atoms with van der Waals surface area (Å²) in [4.78, 5) is 32.2. The topological polar surface area (TPSA) is 89.5 Å². The van der Waals surface area contributed by atoms with Crippen LogP contribution in [0.2, 0.25) is 0 Å². The van der Waals surface area contributed by atoms with Crippen molar-refractivity contribution in [2.75, 3.05) is 26.8 Å². The minimum Gasteiger partial charge on any atom is -0.453 e. The van der Waals surface area contributed by atoms with E-state index in [0.29, 0.717) is 24.2 Å². The fraction of sp³-hybridized carbons (Fsp3) is 0.292. The molecule has 34 heavy (non-hydrogen) atoms. The van der Waals surface area contributed by atoms with Crippen LogP contribution in [-0.2, 0) is 16.0 Å². The van der Waals surface area contributed by atoms with E-state index in [9.17, 15) is 9.59 Å². The van der Waals surface area contributed by atoms with Crippen molar-refractivity contribution < 1.29 is 23.0 Å². The highest BCUT2D eigenvalue weighted by Crippen LogP contribution is 2.33. The van der Waals surface area contributed by atoms with Crippen molar-refractivity contribution in [2.45, 2.75) is 19.6 Å². The molecule has 8 nitrogen and oxygen atoms in total. The Kier molecular flexibility index (Phi) is 5.52. The van der Waals surface area contributed by atoms with Crippen molar-refractivity contribution in [3.8, 4) is 11.4 Å². The normalized spacial score (nSPS) is 16.4. The average Bonchev–Trinajstić information content (AvgIpc) is 3.15. The van der Waals surface area contributed by atoms with Crippen LogP contribution in [0.3, 0.4) is 0 Å². The molecule has 0 bridgehead atoms. The maximum atomic E-state index is 15.6. The van der Waals surface area contributed by atoms with Gasteiger partial charge in [-0.2, -0.15) is 0 Å². The summed E-state index contributed by atoms with van der Waals surface area (Å²) in [5.41, 5.74) is 1.52. The second-order valence-corrected chi connectivity index (χ2v) is 8.28. The second-order valence-electron chi connectivity index (χ2n) is 8.28. The smallest absolute Gasteiger partial charge is 0.409 e. The zero-order valence-electron chi connectivity index (χ0n) is 18.6. The first-order valence-electron chi connectivity index (χ1n) is 10.8. The van der Waals surface area contributed by atoms with Crippen LogP contribution in [0.5, 0.6) is 0 Å². The fourth-order valence-electron chi connectivity index (χ4n) is 4.38. The summed E-state index contributed by atoms with van der Waals surface area (Å²) < 4.78 is 43.3. The van der Waals surface area contributed by atoms with Gasteiger partial charge in [0.15, 0.2) is 0 Å². The van der Waals surface area contributed by atoms with Crippen molar-refractivity contribution in [1.82, 2.24) is 19.4 Å². The van der Waals surface area contributed by atoms with Crippen LogP contribution < -0.4 is 5.56 Å². The lowest BCUT2D eigenvalue weighted by molar-refractivity contribution is -0.0310. The quantitative estimate of drug-likeness (QED) is 0.496. The highest BCUT2D eigenvalue weighted by molar-refractivity contribution is 5.87. The molecule has 4 aromatic rings. The molecular formula is C24H22F2N4O4. The number of nitrogens with one attached hydrogen (secondary N) is 1. The number of aryl methyl sites for hydroxylation is 1. The molecule has 5 rings (SSSR count). The van der Waals surface area contributed by atoms with Gasteiger partial charge in [0.2, 0.25) is 5.56 Å². The Morgan fingerprint density at radius 1 is 1.26 bits per heavy atom. The number of hydrogen-bond donors (Lipinski definition) is 1. The number of hydrogen-bond acceptors (Lipinski definition) is 5. The molecule has 1 N–H and O–H groups in total. The Balaban J connectivity index is 1.65. The van der Waals surface area contributed by atoms with E-state index in [0.717, 1.165) is 11.6 Å². The van der Waals surface area contributed by atoms with Gasteiger partial charge < -0.3 is 23.9 Å². The number of H-pyrrole nitrogens is 1. The average molecular weight is 468 g/mol. The van der Waals surface area contributed by atoms with Crippen LogP contribution in [0.1, 0.15) is 5.56 Å². The number of methoxy groups -OCH3 is 1. The zero-order chi connectivity index (χ0) is 24.0. The number of rotatable bonds is 3. The van der Waals surface area contributed by atoms with E-state index in [1.165, 1.54) is 24.1 Å². The Morgan fingerprint density at radius 3 is 2.88 bits per heavy atom. The summed E-state index contributed by atoms with van der Waals surface area (Å²) in [6.07, 6.45) is -0.895. The van der Waals surface area contributed by atoms with Crippen molar-refractivity contribution in [2.24, 2.45) is 0 Å². The van der Waals surface area contributed by atoms with Gasteiger partial charge in [0.05, 0.1) is 55.0 Å². The van der Waals surface area contributed by atoms with Gasteiger partial charge in [0, 0.05) is 18.0 Å². The summed E-state index contributed by atoms with van der Waals surface area (Å²) in [6, 6.07) is 9.19. The fourth-order valence-corrected chi connectivity index (χ4v) is 4.38. The first-order chi connectivity index (χ1) is 16.4. The number of amides is 1. The van der Waals surface area contributed by atoms with Crippen LogP contribution in [-0.4, -0.2) is 58.4 Å². The molecule has 3 heterocycles. The van der Waals surface area contributed by atoms with E-state index in [1.54, 1.807) is 4.57 Å². The standard InChI is InChI=1S/C24H22F2N4O4/c1-13-3-5-19-18(9-13)28-23(30(19)12-14-11-29(7-8-34-14)24(32)33-2)21-16(25)10-17-15(22(21)26)4-6-20(31)27-17/h3-6,9-10,14H,7-8,11-12H2,1-2H3,(H,27,31)/t14-/m1/s1. The maximum Gasteiger partial charge on any atom is 0.409 e. The van der Waals surface area contributed by atoms with Gasteiger partial charge in [-0.3, -0.25) is 4.79 Å². The predicted molar refractivity (Wildman–Crippen MR) is 122 cm³/mol. The van der Waals surface area contributed by atoms with E-state index in [4.69, 9.17) is 9.47 Å². The first-order valence-corrected chi connectivity index (χ1v) is 10.8. The third kappa shape index (κ3) is 3.79. The number of imidazole rings is 1. The summed E-state index contributed by atoms with van der Waals surface area (Å²) in [5.74, 6) is -1.57. The van der Waals surface area contributed by atoms with Crippen LogP contribution in [0.4, 0.5) is 13.6 Å². The van der Waals surface area contributed by atoms with Crippen LogP contribution in [0.25, 0.3) is 33.3 Å². The largest absolute Gasteiger partial charge is 0.453 e. The van der Waals surface area contributed by atoms with Gasteiger partial charge in [0.1, 0.15) is 17.5 Å². The minimum absolute atomic E-state index is 0.0640. The van der Waals surface area contributed by atoms with Crippen molar-refractivity contribution >= 4 is 28.0 Å². The molecule has 0 saturated carbocycles. The number of carbonyl (C=O) groups excluding carboxylic acids is 1. The maximum absolute atomic E-state index is 15.6. The number of morpholine rings is 1. The molecule has 2 aromatic carbocycles. The number of carbonyl (C=O) groups is 1. The number of ether oxygens (including phenoxy) is 2. The third-order valence-corrected chi connectivity index (χ3v) is 6.00. The van der Waals surface area contributed by atoms with Gasteiger partial charge in [-0.15, -0.1) is 0 Å². The predicted octanol–water partition coefficient (Wildman–Crippen LogP) is 3.60. The number of fused-ring (bicyclic) bond motifs is 2. The van der Waals surface area contributed by atoms with Crippen molar-refractivity contribution in [1.29, 1.82) is 0 Å². The van der Waals surface area contributed by atoms with E-state index in [-0.39, 0.29) is 35.4 Å². The molecule has 10 heteroatoms. The van der Waals surface area contributed by atoms with Crippen LogP contribution in [0, 0.1) is 18.6 Å². The Hall–Kier alpha value is -3.79. The zero-order valence-corrected chi connectivity index (χ0v) is 18.6. The number of pyridine rings is 1. The molecule has 1 aliphatic rings. The van der Waals surface area contributed by atoms with Gasteiger partial charge in [-0.1, -0.05) is 6.07 Å². The molecule has 176 valence electrons. The lowest BCUT2D eigenvalue weighted by Crippen LogP contribution is -2.47. The number of benzene rings is 2. The van der Waals surface area contributed by atoms with Gasteiger partial charge in [0.25, 0.3) is 0 Å². The van der Waals surface area contributed by atoms with Crippen LogP contribution in [0.15, 0.2) is 41.2 Å². The lowest BCUT2D eigenvalue weighted by atomic mass is 10.1. The van der Waals surface area contributed by atoms with Crippen molar-refractivity contribution in [3.05, 3.63) is 63.9 Å². The summed E-state index contributed by atoms with van der Waals surface area (Å²) in [7, 11) is 1.31. The Bertz CT molecular complexity index is 1480.